The van der Waals surface area contributed by atoms with Gasteiger partial charge in [0.05, 0.1) is 11.5 Å². The highest BCUT2D eigenvalue weighted by Gasteiger charge is 2.35. The molecule has 0 fully saturated rings. The Labute approximate surface area is 99.1 Å². The van der Waals surface area contributed by atoms with Crippen LogP contribution in [0.4, 0.5) is 13.2 Å². The molecule has 0 saturated carbocycles. The standard InChI is InChI=1S/C10H9F3N2OS/c1-15-9(10(11,12)13)4-7(14-15)8-3-2-6(5-16)17-8/h2-4,16H,5H2,1H3. The van der Waals surface area contributed by atoms with Crippen molar-refractivity contribution in [3.05, 3.63) is 28.8 Å². The molecule has 0 unspecified atom stereocenters. The molecule has 3 nitrogen and oxygen atoms in total. The summed E-state index contributed by atoms with van der Waals surface area (Å²) in [6.07, 6.45) is -4.41. The summed E-state index contributed by atoms with van der Waals surface area (Å²) in [5.41, 5.74) is -0.518. The van der Waals surface area contributed by atoms with Crippen LogP contribution in [0.15, 0.2) is 18.2 Å². The third kappa shape index (κ3) is 2.34. The summed E-state index contributed by atoms with van der Waals surface area (Å²) in [7, 11) is 1.26. The molecular weight excluding hydrogens is 253 g/mol. The molecule has 2 heterocycles. The van der Waals surface area contributed by atoms with E-state index in [1.54, 1.807) is 12.1 Å². The van der Waals surface area contributed by atoms with Gasteiger partial charge in [-0.2, -0.15) is 18.3 Å². The number of rotatable bonds is 2. The van der Waals surface area contributed by atoms with Gasteiger partial charge in [0.1, 0.15) is 11.4 Å². The quantitative estimate of drug-likeness (QED) is 0.903. The van der Waals surface area contributed by atoms with E-state index in [1.165, 1.54) is 18.4 Å². The molecule has 0 aromatic carbocycles. The van der Waals surface area contributed by atoms with Gasteiger partial charge in [-0.25, -0.2) is 0 Å². The number of halogens is 3. The maximum atomic E-state index is 12.6. The maximum Gasteiger partial charge on any atom is 0.433 e. The minimum absolute atomic E-state index is 0.121. The van der Waals surface area contributed by atoms with E-state index in [0.717, 1.165) is 10.7 Å². The van der Waals surface area contributed by atoms with Crippen LogP contribution >= 0.6 is 11.3 Å². The monoisotopic (exact) mass is 262 g/mol. The minimum atomic E-state index is -4.41. The number of aryl methyl sites for hydroxylation is 1. The molecule has 2 aromatic heterocycles. The number of alkyl halides is 3. The Morgan fingerprint density at radius 3 is 2.59 bits per heavy atom. The van der Waals surface area contributed by atoms with E-state index in [2.05, 4.69) is 5.10 Å². The summed E-state index contributed by atoms with van der Waals surface area (Å²) < 4.78 is 38.5. The van der Waals surface area contributed by atoms with E-state index in [1.807, 2.05) is 0 Å². The lowest BCUT2D eigenvalue weighted by Gasteiger charge is -2.04. The first-order valence-electron chi connectivity index (χ1n) is 4.73. The van der Waals surface area contributed by atoms with Gasteiger partial charge in [-0.1, -0.05) is 0 Å². The number of thiophene rings is 1. The molecule has 0 radical (unpaired) electrons. The summed E-state index contributed by atoms with van der Waals surface area (Å²) >= 11 is 1.23. The lowest BCUT2D eigenvalue weighted by Crippen LogP contribution is -2.11. The molecule has 0 spiro atoms. The summed E-state index contributed by atoms with van der Waals surface area (Å²) in [4.78, 5) is 1.30. The molecule has 92 valence electrons. The Balaban J connectivity index is 2.41. The lowest BCUT2D eigenvalue weighted by atomic mass is 10.3. The van der Waals surface area contributed by atoms with Gasteiger partial charge in [0.15, 0.2) is 0 Å². The zero-order chi connectivity index (χ0) is 12.6. The zero-order valence-electron chi connectivity index (χ0n) is 8.82. The molecule has 17 heavy (non-hydrogen) atoms. The summed E-state index contributed by atoms with van der Waals surface area (Å²) in [6, 6.07) is 4.33. The zero-order valence-corrected chi connectivity index (χ0v) is 9.64. The second-order valence-corrected chi connectivity index (χ2v) is 4.63. The number of aliphatic hydroxyl groups excluding tert-OH is 1. The van der Waals surface area contributed by atoms with Crippen LogP contribution in [0.1, 0.15) is 10.6 Å². The van der Waals surface area contributed by atoms with Gasteiger partial charge in [-0.05, 0) is 18.2 Å². The van der Waals surface area contributed by atoms with Crippen LogP contribution in [0.5, 0.6) is 0 Å². The molecular formula is C10H9F3N2OS. The van der Waals surface area contributed by atoms with Crippen molar-refractivity contribution in [3.63, 3.8) is 0 Å². The predicted octanol–water partition coefficient (Wildman–Crippen LogP) is 2.66. The van der Waals surface area contributed by atoms with Crippen LogP contribution in [0.3, 0.4) is 0 Å². The van der Waals surface area contributed by atoms with Gasteiger partial charge < -0.3 is 5.11 Å². The average molecular weight is 262 g/mol. The molecule has 2 aromatic rings. The van der Waals surface area contributed by atoms with Gasteiger partial charge >= 0.3 is 6.18 Å². The summed E-state index contributed by atoms with van der Waals surface area (Å²) in [5.74, 6) is 0. The van der Waals surface area contributed by atoms with Crippen molar-refractivity contribution >= 4 is 11.3 Å². The molecule has 0 aliphatic heterocycles. The van der Waals surface area contributed by atoms with Crippen LogP contribution in [-0.2, 0) is 19.8 Å². The Kier molecular flexibility index (Phi) is 2.96. The van der Waals surface area contributed by atoms with E-state index < -0.39 is 11.9 Å². The molecule has 0 atom stereocenters. The largest absolute Gasteiger partial charge is 0.433 e. The fourth-order valence-corrected chi connectivity index (χ4v) is 2.28. The Morgan fingerprint density at radius 2 is 2.12 bits per heavy atom. The highest BCUT2D eigenvalue weighted by atomic mass is 32.1. The fraction of sp³-hybridized carbons (Fsp3) is 0.300. The van der Waals surface area contributed by atoms with Crippen molar-refractivity contribution in [1.82, 2.24) is 9.78 Å². The third-order valence-corrected chi connectivity index (χ3v) is 3.33. The minimum Gasteiger partial charge on any atom is -0.391 e. The molecule has 1 N–H and O–H groups in total. The van der Waals surface area contributed by atoms with Crippen molar-refractivity contribution in [2.45, 2.75) is 12.8 Å². The Bertz CT molecular complexity index is 530. The van der Waals surface area contributed by atoms with Crippen molar-refractivity contribution < 1.29 is 18.3 Å². The Hall–Kier alpha value is -1.34. The van der Waals surface area contributed by atoms with Gasteiger partial charge in [0.2, 0.25) is 0 Å². The molecule has 0 aliphatic carbocycles. The van der Waals surface area contributed by atoms with E-state index in [0.29, 0.717) is 9.75 Å². The molecule has 0 aliphatic rings. The smallest absolute Gasteiger partial charge is 0.391 e. The van der Waals surface area contributed by atoms with Gasteiger partial charge in [-0.3, -0.25) is 4.68 Å². The van der Waals surface area contributed by atoms with Crippen molar-refractivity contribution in [3.8, 4) is 10.6 Å². The number of aliphatic hydroxyl groups is 1. The van der Waals surface area contributed by atoms with E-state index >= 15 is 0 Å². The second-order valence-electron chi connectivity index (χ2n) is 3.46. The van der Waals surface area contributed by atoms with Crippen LogP contribution in [0.2, 0.25) is 0 Å². The predicted molar refractivity (Wildman–Crippen MR) is 57.4 cm³/mol. The molecule has 7 heteroatoms. The molecule has 0 amide bonds. The van der Waals surface area contributed by atoms with Crippen molar-refractivity contribution in [1.29, 1.82) is 0 Å². The van der Waals surface area contributed by atoms with Crippen LogP contribution in [-0.4, -0.2) is 14.9 Å². The highest BCUT2D eigenvalue weighted by Crippen LogP contribution is 2.33. The topological polar surface area (TPSA) is 38.0 Å². The van der Waals surface area contributed by atoms with Crippen LogP contribution in [0.25, 0.3) is 10.6 Å². The van der Waals surface area contributed by atoms with E-state index in [9.17, 15) is 13.2 Å². The molecule has 0 bridgehead atoms. The number of hydrogen-bond donors (Lipinski definition) is 1. The van der Waals surface area contributed by atoms with Gasteiger partial charge in [-0.15, -0.1) is 11.3 Å². The summed E-state index contributed by atoms with van der Waals surface area (Å²) in [5, 5.41) is 12.7. The first-order chi connectivity index (χ1) is 7.91. The molecule has 2 rings (SSSR count). The highest BCUT2D eigenvalue weighted by molar-refractivity contribution is 7.15. The number of aromatic nitrogens is 2. The van der Waals surface area contributed by atoms with E-state index in [-0.39, 0.29) is 12.3 Å². The first kappa shape index (κ1) is 12.1. The molecule has 0 saturated heterocycles. The van der Waals surface area contributed by atoms with Crippen molar-refractivity contribution in [2.75, 3.05) is 0 Å². The van der Waals surface area contributed by atoms with Crippen LogP contribution < -0.4 is 0 Å². The summed E-state index contributed by atoms with van der Waals surface area (Å²) in [6.45, 7) is -0.121. The average Bonchev–Trinajstić information content (AvgIpc) is 2.81. The van der Waals surface area contributed by atoms with E-state index in [4.69, 9.17) is 5.11 Å². The number of hydrogen-bond acceptors (Lipinski definition) is 3. The SMILES string of the molecule is Cn1nc(-c2ccc(CO)s2)cc1C(F)(F)F. The fourth-order valence-electron chi connectivity index (χ4n) is 1.45. The van der Waals surface area contributed by atoms with Gasteiger partial charge in [0.25, 0.3) is 0 Å². The third-order valence-electron chi connectivity index (χ3n) is 2.24. The lowest BCUT2D eigenvalue weighted by molar-refractivity contribution is -0.143. The van der Waals surface area contributed by atoms with Crippen LogP contribution in [0, 0.1) is 0 Å². The second kappa shape index (κ2) is 4.15. The number of nitrogens with zero attached hydrogens (tertiary/aromatic N) is 2. The van der Waals surface area contributed by atoms with Crippen molar-refractivity contribution in [2.24, 2.45) is 7.05 Å². The van der Waals surface area contributed by atoms with Gasteiger partial charge in [0, 0.05) is 11.9 Å². The first-order valence-corrected chi connectivity index (χ1v) is 5.54. The normalized spacial score (nSPS) is 12.1. The maximum absolute atomic E-state index is 12.6. The Morgan fingerprint density at radius 1 is 1.41 bits per heavy atom.